The minimum Gasteiger partial charge on any atom is -0.489 e. The minimum absolute atomic E-state index is 0.0254. The van der Waals surface area contributed by atoms with Crippen molar-refractivity contribution in [1.82, 2.24) is 4.90 Å². The third-order valence-corrected chi connectivity index (χ3v) is 9.14. The van der Waals surface area contributed by atoms with Crippen molar-refractivity contribution < 1.29 is 14.3 Å². The summed E-state index contributed by atoms with van der Waals surface area (Å²) in [6.07, 6.45) is 9.53. The molecule has 2 aromatic carbocycles. The third kappa shape index (κ3) is 4.52. The number of nitrogens with zero attached hydrogens (tertiary/aromatic N) is 1. The Morgan fingerprint density at radius 1 is 1.03 bits per heavy atom. The van der Waals surface area contributed by atoms with Gasteiger partial charge in [-0.25, -0.2) is 0 Å². The number of esters is 1. The number of methoxy groups -OCH3 is 1. The van der Waals surface area contributed by atoms with Crippen molar-refractivity contribution in [2.45, 2.75) is 83.0 Å². The number of hydrogen-bond donors (Lipinski definition) is 0. The molecular formula is C27H34INO3. The molecule has 2 aromatic rings. The van der Waals surface area contributed by atoms with Gasteiger partial charge in [0.25, 0.3) is 0 Å². The lowest BCUT2D eigenvalue weighted by atomic mass is 9.89. The summed E-state index contributed by atoms with van der Waals surface area (Å²) in [5, 5.41) is 2.57. The molecule has 1 aliphatic carbocycles. The molecule has 3 aliphatic rings. The minimum atomic E-state index is -0.0254. The van der Waals surface area contributed by atoms with E-state index in [9.17, 15) is 4.79 Å². The summed E-state index contributed by atoms with van der Waals surface area (Å²) < 4.78 is 12.7. The molecule has 3 fully saturated rings. The topological polar surface area (TPSA) is 38.8 Å². The molecule has 0 radical (unpaired) electrons. The maximum atomic E-state index is 12.0. The van der Waals surface area contributed by atoms with Crippen molar-refractivity contribution >= 4 is 39.3 Å². The molecule has 5 rings (SSSR count). The van der Waals surface area contributed by atoms with Crippen molar-refractivity contribution in [1.29, 1.82) is 0 Å². The normalized spacial score (nSPS) is 30.4. The van der Waals surface area contributed by atoms with Gasteiger partial charge >= 0.3 is 5.97 Å². The third-order valence-electron chi connectivity index (χ3n) is 8.02. The van der Waals surface area contributed by atoms with Gasteiger partial charge in [-0.3, -0.25) is 9.69 Å². The predicted octanol–water partition coefficient (Wildman–Crippen LogP) is 6.32. The van der Waals surface area contributed by atoms with Crippen LogP contribution in [0.25, 0.3) is 10.8 Å². The van der Waals surface area contributed by atoms with Crippen LogP contribution in [0.2, 0.25) is 0 Å². The molecule has 1 saturated carbocycles. The fourth-order valence-electron chi connectivity index (χ4n) is 6.14. The average molecular weight is 547 g/mol. The Labute approximate surface area is 205 Å². The predicted molar refractivity (Wildman–Crippen MR) is 136 cm³/mol. The molecule has 2 saturated heterocycles. The lowest BCUT2D eigenvalue weighted by Gasteiger charge is -2.38. The first-order chi connectivity index (χ1) is 15.5. The first-order valence-corrected chi connectivity index (χ1v) is 13.3. The summed E-state index contributed by atoms with van der Waals surface area (Å²) in [6.45, 7) is 3.31. The fraction of sp³-hybridized carbons (Fsp3) is 0.593. The van der Waals surface area contributed by atoms with Gasteiger partial charge in [-0.15, -0.1) is 0 Å². The molecule has 2 aliphatic heterocycles. The number of rotatable bonds is 5. The molecule has 0 aromatic heterocycles. The number of carbonyl (C=O) groups excluding carboxylic acids is 1. The van der Waals surface area contributed by atoms with E-state index in [2.05, 4.69) is 64.7 Å². The van der Waals surface area contributed by atoms with Gasteiger partial charge in [0.2, 0.25) is 0 Å². The van der Waals surface area contributed by atoms with Crippen molar-refractivity contribution in [2.75, 3.05) is 7.11 Å². The summed E-state index contributed by atoms with van der Waals surface area (Å²) in [5.74, 6) is 1.93. The van der Waals surface area contributed by atoms with Gasteiger partial charge in [0.15, 0.2) is 0 Å². The Morgan fingerprint density at radius 3 is 2.44 bits per heavy atom. The molecule has 0 spiro atoms. The smallest absolute Gasteiger partial charge is 0.308 e. The van der Waals surface area contributed by atoms with Crippen LogP contribution >= 0.6 is 22.6 Å². The fourth-order valence-corrected chi connectivity index (χ4v) is 6.94. The summed E-state index contributed by atoms with van der Waals surface area (Å²) in [7, 11) is 1.51. The lowest BCUT2D eigenvalue weighted by molar-refractivity contribution is -0.148. The maximum absolute atomic E-state index is 12.0. The second-order valence-electron chi connectivity index (χ2n) is 10.2. The van der Waals surface area contributed by atoms with Crippen molar-refractivity contribution in [2.24, 2.45) is 11.8 Å². The molecule has 2 unspecified atom stereocenters. The van der Waals surface area contributed by atoms with E-state index in [1.165, 1.54) is 65.5 Å². The van der Waals surface area contributed by atoms with Crippen molar-refractivity contribution in [3.05, 3.63) is 39.5 Å². The largest absolute Gasteiger partial charge is 0.489 e. The van der Waals surface area contributed by atoms with E-state index in [-0.39, 0.29) is 11.9 Å². The number of halogens is 1. The number of fused-ring (bicyclic) bond motifs is 3. The van der Waals surface area contributed by atoms with E-state index >= 15 is 0 Å². The van der Waals surface area contributed by atoms with Gasteiger partial charge in [0.1, 0.15) is 5.75 Å². The number of carbonyl (C=O) groups is 1. The van der Waals surface area contributed by atoms with Crippen LogP contribution in [-0.4, -0.2) is 36.2 Å². The quantitative estimate of drug-likeness (QED) is 0.325. The van der Waals surface area contributed by atoms with Gasteiger partial charge in [0.05, 0.1) is 22.7 Å². The van der Waals surface area contributed by atoms with Gasteiger partial charge in [0, 0.05) is 18.6 Å². The molecule has 2 bridgehead atoms. The average Bonchev–Trinajstić information content (AvgIpc) is 3.03. The van der Waals surface area contributed by atoms with Crippen LogP contribution in [0.4, 0.5) is 0 Å². The summed E-state index contributed by atoms with van der Waals surface area (Å²) in [5.41, 5.74) is 1.36. The zero-order valence-corrected chi connectivity index (χ0v) is 21.3. The van der Waals surface area contributed by atoms with Crippen LogP contribution in [0, 0.1) is 15.4 Å². The van der Waals surface area contributed by atoms with Crippen LogP contribution in [0.3, 0.4) is 0 Å². The Bertz CT molecular complexity index is 970. The van der Waals surface area contributed by atoms with Crippen molar-refractivity contribution in [3.8, 4) is 5.75 Å². The molecule has 2 heterocycles. The second kappa shape index (κ2) is 9.49. The lowest BCUT2D eigenvalue weighted by Crippen LogP contribution is -2.44. The van der Waals surface area contributed by atoms with E-state index in [1.54, 1.807) is 0 Å². The molecule has 5 heteroatoms. The molecule has 0 amide bonds. The Morgan fingerprint density at radius 2 is 1.75 bits per heavy atom. The van der Waals surface area contributed by atoms with Crippen LogP contribution in [-0.2, 0) is 16.1 Å². The SMILES string of the molecule is COC(=O)C1CC2CCC(C1)N2Cc1ccc2c(I)c(O[C@H]3CC[C@@H](C)CC3)ccc2c1. The van der Waals surface area contributed by atoms with Crippen LogP contribution in [0.5, 0.6) is 5.75 Å². The number of piperidine rings is 1. The zero-order valence-electron chi connectivity index (χ0n) is 19.2. The van der Waals surface area contributed by atoms with E-state index in [1.807, 2.05) is 0 Å². The van der Waals surface area contributed by atoms with E-state index < -0.39 is 0 Å². The first kappa shape index (κ1) is 22.5. The van der Waals surface area contributed by atoms with Gasteiger partial charge in [-0.05, 0) is 108 Å². The highest BCUT2D eigenvalue weighted by atomic mass is 127. The highest BCUT2D eigenvalue weighted by Crippen LogP contribution is 2.40. The molecule has 0 N–H and O–H groups in total. The van der Waals surface area contributed by atoms with E-state index in [0.29, 0.717) is 18.2 Å². The molecule has 32 heavy (non-hydrogen) atoms. The number of hydrogen-bond acceptors (Lipinski definition) is 4. The maximum Gasteiger partial charge on any atom is 0.308 e. The second-order valence-corrected chi connectivity index (χ2v) is 11.3. The Balaban J connectivity index is 1.29. The first-order valence-electron chi connectivity index (χ1n) is 12.2. The number of benzene rings is 2. The molecule has 172 valence electrons. The summed E-state index contributed by atoms with van der Waals surface area (Å²) in [4.78, 5) is 14.7. The Hall–Kier alpha value is -1.34. The van der Waals surface area contributed by atoms with E-state index in [0.717, 1.165) is 31.1 Å². The zero-order chi connectivity index (χ0) is 22.2. The molecule has 4 nitrogen and oxygen atoms in total. The van der Waals surface area contributed by atoms with Crippen LogP contribution in [0.1, 0.15) is 63.9 Å². The highest BCUT2D eigenvalue weighted by molar-refractivity contribution is 14.1. The van der Waals surface area contributed by atoms with Gasteiger partial charge in [-0.2, -0.15) is 0 Å². The van der Waals surface area contributed by atoms with Gasteiger partial charge < -0.3 is 9.47 Å². The van der Waals surface area contributed by atoms with Gasteiger partial charge in [-0.1, -0.05) is 25.1 Å². The monoisotopic (exact) mass is 547 g/mol. The molecule has 2 atom stereocenters. The standard InChI is InChI=1S/C27H34INO3/c1-17-3-9-23(10-4-17)32-25-12-6-19-13-18(5-11-24(19)26(25)28)16-29-21-7-8-22(29)15-20(14-21)27(30)31-2/h5-6,11-13,17,20-23H,3-4,7-10,14-16H2,1-2H3/t17-,20?,21?,22?,23+. The highest BCUT2D eigenvalue weighted by Gasteiger charge is 2.43. The van der Waals surface area contributed by atoms with Crippen LogP contribution in [0.15, 0.2) is 30.3 Å². The van der Waals surface area contributed by atoms with Crippen molar-refractivity contribution in [3.63, 3.8) is 0 Å². The summed E-state index contributed by atoms with van der Waals surface area (Å²) >= 11 is 2.46. The summed E-state index contributed by atoms with van der Waals surface area (Å²) in [6, 6.07) is 12.3. The van der Waals surface area contributed by atoms with Crippen LogP contribution < -0.4 is 4.74 Å². The van der Waals surface area contributed by atoms with E-state index in [4.69, 9.17) is 9.47 Å². The Kier molecular flexibility index (Phi) is 6.66. The molecular weight excluding hydrogens is 513 g/mol. The number of ether oxygens (including phenoxy) is 2.